The van der Waals surface area contributed by atoms with Gasteiger partial charge in [-0.05, 0) is 12.1 Å². The van der Waals surface area contributed by atoms with Gasteiger partial charge in [-0.1, -0.05) is 0 Å². The molecule has 0 saturated heterocycles. The van der Waals surface area contributed by atoms with Crippen molar-refractivity contribution in [2.45, 2.75) is 0 Å². The Morgan fingerprint density at radius 2 is 2.29 bits per heavy atom. The van der Waals surface area contributed by atoms with E-state index in [0.717, 1.165) is 12.3 Å². The summed E-state index contributed by atoms with van der Waals surface area (Å²) in [6, 6.07) is 3.54. The molecule has 0 bridgehead atoms. The van der Waals surface area contributed by atoms with Crippen LogP contribution in [0.25, 0.3) is 0 Å². The first-order valence-corrected chi connectivity index (χ1v) is 4.11. The Hall–Kier alpha value is -2.68. The standard InChI is InChI=1S/C8H9N5O3.H2O/c9-8(10)12-11-4-5-3-6(14)1-2-7(5)13(15)16;/h1-4,14H,(H4,9,10,12);1H2/b11-4+;. The first-order chi connectivity index (χ1) is 7.50. The number of benzene rings is 1. The second kappa shape index (κ2) is 6.02. The van der Waals surface area contributed by atoms with Gasteiger partial charge in [0.15, 0.2) is 0 Å². The van der Waals surface area contributed by atoms with E-state index < -0.39 is 4.92 Å². The SMILES string of the molecule is N=C(N)N/N=C/c1cc(O)ccc1[N+](=O)[O-].O. The minimum atomic E-state index is -0.603. The normalized spacial score (nSPS) is 9.65. The summed E-state index contributed by atoms with van der Waals surface area (Å²) >= 11 is 0. The van der Waals surface area contributed by atoms with E-state index in [2.05, 4.69) is 10.5 Å². The van der Waals surface area contributed by atoms with E-state index in [9.17, 15) is 10.1 Å². The lowest BCUT2D eigenvalue weighted by atomic mass is 10.2. The predicted octanol–water partition coefficient (Wildman–Crippen LogP) is -0.707. The largest absolute Gasteiger partial charge is 0.508 e. The number of rotatable bonds is 3. The van der Waals surface area contributed by atoms with Crippen molar-refractivity contribution in [2.24, 2.45) is 10.8 Å². The third-order valence-corrected chi connectivity index (χ3v) is 1.60. The van der Waals surface area contributed by atoms with Gasteiger partial charge in [0, 0.05) is 6.07 Å². The van der Waals surface area contributed by atoms with Crippen molar-refractivity contribution < 1.29 is 15.5 Å². The van der Waals surface area contributed by atoms with Crippen molar-refractivity contribution in [1.82, 2.24) is 5.43 Å². The van der Waals surface area contributed by atoms with Crippen LogP contribution in [0.15, 0.2) is 23.3 Å². The molecular weight excluding hydrogens is 230 g/mol. The van der Waals surface area contributed by atoms with E-state index in [1.807, 2.05) is 0 Å². The monoisotopic (exact) mass is 241 g/mol. The van der Waals surface area contributed by atoms with Gasteiger partial charge in [-0.2, -0.15) is 5.10 Å². The molecule has 0 aliphatic heterocycles. The number of nitrogens with one attached hydrogen (secondary N) is 2. The Labute approximate surface area is 95.5 Å². The molecule has 0 amide bonds. The molecule has 1 rings (SSSR count). The molecule has 1 aromatic carbocycles. The maximum atomic E-state index is 10.6. The number of aromatic hydroxyl groups is 1. The highest BCUT2D eigenvalue weighted by Crippen LogP contribution is 2.21. The number of hydrazone groups is 1. The molecule has 7 N–H and O–H groups in total. The molecule has 0 aromatic heterocycles. The quantitative estimate of drug-likeness (QED) is 0.237. The van der Waals surface area contributed by atoms with E-state index in [1.165, 1.54) is 12.1 Å². The van der Waals surface area contributed by atoms with E-state index in [-0.39, 0.29) is 28.4 Å². The van der Waals surface area contributed by atoms with E-state index in [4.69, 9.17) is 16.2 Å². The smallest absolute Gasteiger partial charge is 0.278 e. The molecular formula is C8H11N5O4. The molecule has 0 aliphatic rings. The zero-order valence-corrected chi connectivity index (χ0v) is 8.54. The average Bonchev–Trinajstić information content (AvgIpc) is 2.16. The summed E-state index contributed by atoms with van der Waals surface area (Å²) in [5.41, 5.74) is 6.97. The van der Waals surface area contributed by atoms with Crippen molar-refractivity contribution in [3.63, 3.8) is 0 Å². The van der Waals surface area contributed by atoms with Crippen LogP contribution in [-0.4, -0.2) is 27.7 Å². The van der Waals surface area contributed by atoms with Crippen LogP contribution in [0, 0.1) is 15.5 Å². The van der Waals surface area contributed by atoms with Gasteiger partial charge in [0.05, 0.1) is 16.7 Å². The van der Waals surface area contributed by atoms with Crippen LogP contribution in [0.1, 0.15) is 5.56 Å². The first kappa shape index (κ1) is 14.3. The molecule has 0 radical (unpaired) electrons. The average molecular weight is 241 g/mol. The number of nitrogens with zero attached hydrogens (tertiary/aromatic N) is 2. The third kappa shape index (κ3) is 4.13. The van der Waals surface area contributed by atoms with Crippen LogP contribution >= 0.6 is 0 Å². The van der Waals surface area contributed by atoms with Gasteiger partial charge in [-0.3, -0.25) is 15.5 Å². The molecule has 0 atom stereocenters. The maximum Gasteiger partial charge on any atom is 0.278 e. The first-order valence-electron chi connectivity index (χ1n) is 4.11. The molecule has 0 fully saturated rings. The van der Waals surface area contributed by atoms with Crippen LogP contribution in [0.5, 0.6) is 5.75 Å². The van der Waals surface area contributed by atoms with Crippen LogP contribution < -0.4 is 11.2 Å². The molecule has 92 valence electrons. The highest BCUT2D eigenvalue weighted by atomic mass is 16.6. The van der Waals surface area contributed by atoms with E-state index >= 15 is 0 Å². The van der Waals surface area contributed by atoms with Crippen molar-refractivity contribution in [1.29, 1.82) is 5.41 Å². The molecule has 0 spiro atoms. The van der Waals surface area contributed by atoms with Crippen LogP contribution in [-0.2, 0) is 0 Å². The molecule has 17 heavy (non-hydrogen) atoms. The number of nitrogens with two attached hydrogens (primary N) is 1. The lowest BCUT2D eigenvalue weighted by molar-refractivity contribution is -0.385. The summed E-state index contributed by atoms with van der Waals surface area (Å²) in [5, 5.41) is 30.1. The number of nitro groups is 1. The number of hydrogen-bond donors (Lipinski definition) is 4. The molecule has 1 aromatic rings. The molecule has 0 heterocycles. The number of hydrogen-bond acceptors (Lipinski definition) is 5. The van der Waals surface area contributed by atoms with E-state index in [0.29, 0.717) is 0 Å². The van der Waals surface area contributed by atoms with Gasteiger partial charge >= 0.3 is 0 Å². The Morgan fingerprint density at radius 1 is 1.65 bits per heavy atom. The summed E-state index contributed by atoms with van der Waals surface area (Å²) < 4.78 is 0. The summed E-state index contributed by atoms with van der Waals surface area (Å²) in [5.74, 6) is -0.506. The van der Waals surface area contributed by atoms with E-state index in [1.54, 1.807) is 0 Å². The molecule has 0 saturated carbocycles. The minimum absolute atomic E-state index is 0. The zero-order valence-electron chi connectivity index (χ0n) is 8.54. The van der Waals surface area contributed by atoms with Gasteiger partial charge in [-0.15, -0.1) is 0 Å². The fourth-order valence-electron chi connectivity index (χ4n) is 0.983. The Balaban J connectivity index is 0.00000256. The minimum Gasteiger partial charge on any atom is -0.508 e. The summed E-state index contributed by atoms with van der Waals surface area (Å²) in [6.07, 6.45) is 1.10. The Morgan fingerprint density at radius 3 is 2.82 bits per heavy atom. The van der Waals surface area contributed by atoms with Gasteiger partial charge in [0.1, 0.15) is 5.75 Å². The second-order valence-electron chi connectivity index (χ2n) is 2.78. The van der Waals surface area contributed by atoms with Gasteiger partial charge < -0.3 is 16.3 Å². The molecule has 9 heteroatoms. The maximum absolute atomic E-state index is 10.6. The van der Waals surface area contributed by atoms with Crippen LogP contribution in [0.4, 0.5) is 5.69 Å². The summed E-state index contributed by atoms with van der Waals surface area (Å²) in [6.45, 7) is 0. The predicted molar refractivity (Wildman–Crippen MR) is 61.0 cm³/mol. The Bertz CT molecular complexity index is 459. The number of phenolic OH excluding ortho intramolecular Hbond substituents is 1. The van der Waals surface area contributed by atoms with Crippen LogP contribution in [0.3, 0.4) is 0 Å². The second-order valence-corrected chi connectivity index (χ2v) is 2.78. The fraction of sp³-hybridized carbons (Fsp3) is 0. The van der Waals surface area contributed by atoms with Crippen molar-refractivity contribution in [3.05, 3.63) is 33.9 Å². The highest BCUT2D eigenvalue weighted by Gasteiger charge is 2.12. The fourth-order valence-corrected chi connectivity index (χ4v) is 0.983. The lowest BCUT2D eigenvalue weighted by Gasteiger charge is -1.98. The lowest BCUT2D eigenvalue weighted by Crippen LogP contribution is -2.25. The molecule has 0 unspecified atom stereocenters. The zero-order chi connectivity index (χ0) is 12.1. The topological polar surface area (TPSA) is 169 Å². The number of nitro benzene ring substituents is 1. The van der Waals surface area contributed by atoms with Gasteiger partial charge in [0.25, 0.3) is 5.69 Å². The summed E-state index contributed by atoms with van der Waals surface area (Å²) in [4.78, 5) is 10.0. The number of phenols is 1. The number of guanidine groups is 1. The third-order valence-electron chi connectivity index (χ3n) is 1.60. The summed E-state index contributed by atoms with van der Waals surface area (Å²) in [7, 11) is 0. The molecule has 9 nitrogen and oxygen atoms in total. The van der Waals surface area contributed by atoms with Crippen molar-refractivity contribution in [3.8, 4) is 5.75 Å². The van der Waals surface area contributed by atoms with Gasteiger partial charge in [0.2, 0.25) is 5.96 Å². The van der Waals surface area contributed by atoms with Gasteiger partial charge in [-0.25, -0.2) is 5.43 Å². The van der Waals surface area contributed by atoms with Crippen molar-refractivity contribution >= 4 is 17.9 Å². The molecule has 0 aliphatic carbocycles. The van der Waals surface area contributed by atoms with Crippen molar-refractivity contribution in [2.75, 3.05) is 0 Å². The highest BCUT2D eigenvalue weighted by molar-refractivity contribution is 5.87. The van der Waals surface area contributed by atoms with Crippen LogP contribution in [0.2, 0.25) is 0 Å². The Kier molecular flexibility index (Phi) is 5.07.